The van der Waals surface area contributed by atoms with Crippen LogP contribution in [0.15, 0.2) is 60.8 Å². The fraction of sp³-hybridized carbons (Fsp3) is 0.200. The maximum atomic E-state index is 14.2. The van der Waals surface area contributed by atoms with Crippen molar-refractivity contribution in [3.63, 3.8) is 0 Å². The molecule has 0 bridgehead atoms. The molecule has 0 spiro atoms. The monoisotopic (exact) mass is 391 g/mol. The summed E-state index contributed by atoms with van der Waals surface area (Å²) in [5.74, 6) is -1.11. The van der Waals surface area contributed by atoms with Crippen LogP contribution in [-0.4, -0.2) is 16.5 Å². The molecule has 1 aromatic heterocycles. The molecule has 0 amide bonds. The minimum absolute atomic E-state index is 0.0109. The number of halogens is 4. The first-order valence-electron chi connectivity index (χ1n) is 8.53. The molecule has 0 aliphatic carbocycles. The molecule has 146 valence electrons. The molecule has 1 heterocycles. The van der Waals surface area contributed by atoms with Gasteiger partial charge in [-0.1, -0.05) is 42.5 Å². The maximum absolute atomic E-state index is 14.2. The number of anilines is 2. The lowest BCUT2D eigenvalue weighted by Crippen LogP contribution is -2.23. The molecule has 0 unspecified atom stereocenters. The predicted molar refractivity (Wildman–Crippen MR) is 96.9 cm³/mol. The molecular weight excluding hydrogens is 374 g/mol. The third-order valence-electron chi connectivity index (χ3n) is 3.98. The minimum Gasteiger partial charge on any atom is -0.459 e. The maximum Gasteiger partial charge on any atom is 0.421 e. The summed E-state index contributed by atoms with van der Waals surface area (Å²) in [6.45, 7) is 1.77. The van der Waals surface area contributed by atoms with Crippen LogP contribution in [0.2, 0.25) is 0 Å². The minimum atomic E-state index is -4.70. The molecule has 0 saturated heterocycles. The first-order chi connectivity index (χ1) is 13.4. The van der Waals surface area contributed by atoms with Gasteiger partial charge in [-0.15, -0.1) is 0 Å². The van der Waals surface area contributed by atoms with E-state index in [-0.39, 0.29) is 24.8 Å². The number of benzene rings is 2. The fourth-order valence-electron chi connectivity index (χ4n) is 2.66. The van der Waals surface area contributed by atoms with E-state index in [1.165, 1.54) is 18.2 Å². The highest BCUT2D eigenvalue weighted by Crippen LogP contribution is 2.38. The van der Waals surface area contributed by atoms with Gasteiger partial charge in [-0.2, -0.15) is 18.2 Å². The summed E-state index contributed by atoms with van der Waals surface area (Å²) in [5.41, 5.74) is -0.262. The van der Waals surface area contributed by atoms with Crippen molar-refractivity contribution < 1.29 is 22.3 Å². The van der Waals surface area contributed by atoms with Gasteiger partial charge in [-0.3, -0.25) is 0 Å². The second kappa shape index (κ2) is 8.24. The van der Waals surface area contributed by atoms with E-state index in [4.69, 9.17) is 4.74 Å². The van der Waals surface area contributed by atoms with Crippen molar-refractivity contribution in [1.82, 2.24) is 9.97 Å². The molecular formula is C20H17F4N3O. The zero-order chi connectivity index (χ0) is 20.1. The first-order valence-corrected chi connectivity index (χ1v) is 8.53. The van der Waals surface area contributed by atoms with Crippen LogP contribution >= 0.6 is 0 Å². The average Bonchev–Trinajstić information content (AvgIpc) is 2.68. The topological polar surface area (TPSA) is 38.2 Å². The van der Waals surface area contributed by atoms with E-state index in [2.05, 4.69) is 9.97 Å². The lowest BCUT2D eigenvalue weighted by molar-refractivity contribution is -0.137. The Morgan fingerprint density at radius 2 is 1.68 bits per heavy atom. The second-order valence-corrected chi connectivity index (χ2v) is 5.86. The number of hydrogen-bond acceptors (Lipinski definition) is 4. The molecule has 0 fully saturated rings. The van der Waals surface area contributed by atoms with Crippen molar-refractivity contribution in [1.29, 1.82) is 0 Å². The normalized spacial score (nSPS) is 11.3. The Kier molecular flexibility index (Phi) is 5.77. The Bertz CT molecular complexity index is 932. The highest BCUT2D eigenvalue weighted by Gasteiger charge is 2.37. The predicted octanol–water partition coefficient (Wildman–Crippen LogP) is 5.37. The highest BCUT2D eigenvalue weighted by atomic mass is 19.4. The molecule has 0 radical (unpaired) electrons. The van der Waals surface area contributed by atoms with Gasteiger partial charge in [0.25, 0.3) is 0 Å². The second-order valence-electron chi connectivity index (χ2n) is 5.86. The van der Waals surface area contributed by atoms with Gasteiger partial charge >= 0.3 is 12.2 Å². The molecule has 0 atom stereocenters. The van der Waals surface area contributed by atoms with E-state index in [0.29, 0.717) is 6.20 Å². The SMILES string of the molecule is CCN(c1ccccc1F)c1nc(OCc2ccccc2)ncc1C(F)(F)F. The van der Waals surface area contributed by atoms with Gasteiger partial charge in [0.05, 0.1) is 5.69 Å². The first kappa shape index (κ1) is 19.6. The van der Waals surface area contributed by atoms with E-state index in [1.54, 1.807) is 13.0 Å². The van der Waals surface area contributed by atoms with Crippen LogP contribution in [0.4, 0.5) is 29.1 Å². The summed E-state index contributed by atoms with van der Waals surface area (Å²) in [7, 11) is 0. The van der Waals surface area contributed by atoms with E-state index in [9.17, 15) is 17.6 Å². The molecule has 4 nitrogen and oxygen atoms in total. The van der Waals surface area contributed by atoms with Crippen molar-refractivity contribution >= 4 is 11.5 Å². The number of nitrogens with zero attached hydrogens (tertiary/aromatic N) is 3. The van der Waals surface area contributed by atoms with Crippen LogP contribution in [0.3, 0.4) is 0 Å². The van der Waals surface area contributed by atoms with E-state index in [1.807, 2.05) is 30.3 Å². The smallest absolute Gasteiger partial charge is 0.421 e. The van der Waals surface area contributed by atoms with Gasteiger partial charge in [0, 0.05) is 12.7 Å². The lowest BCUT2D eigenvalue weighted by atomic mass is 10.2. The van der Waals surface area contributed by atoms with Crippen LogP contribution < -0.4 is 9.64 Å². The van der Waals surface area contributed by atoms with E-state index < -0.39 is 23.4 Å². The molecule has 0 saturated carbocycles. The van der Waals surface area contributed by atoms with Crippen LogP contribution in [0.25, 0.3) is 0 Å². The lowest BCUT2D eigenvalue weighted by Gasteiger charge is -2.25. The summed E-state index contributed by atoms with van der Waals surface area (Å²) >= 11 is 0. The van der Waals surface area contributed by atoms with Crippen molar-refractivity contribution in [3.05, 3.63) is 77.7 Å². The van der Waals surface area contributed by atoms with E-state index in [0.717, 1.165) is 10.5 Å². The largest absolute Gasteiger partial charge is 0.459 e. The third kappa shape index (κ3) is 4.39. The van der Waals surface area contributed by atoms with Crippen LogP contribution in [-0.2, 0) is 12.8 Å². The molecule has 2 aromatic carbocycles. The Morgan fingerprint density at radius 3 is 2.32 bits per heavy atom. The molecule has 0 aliphatic rings. The van der Waals surface area contributed by atoms with Crippen LogP contribution in [0, 0.1) is 5.82 Å². The van der Waals surface area contributed by atoms with Crippen LogP contribution in [0.5, 0.6) is 6.01 Å². The summed E-state index contributed by atoms with van der Waals surface area (Å²) < 4.78 is 60.2. The van der Waals surface area contributed by atoms with Crippen molar-refractivity contribution in [2.24, 2.45) is 0 Å². The van der Waals surface area contributed by atoms with Gasteiger partial charge in [0.2, 0.25) is 0 Å². The molecule has 3 aromatic rings. The Morgan fingerprint density at radius 1 is 1.00 bits per heavy atom. The number of alkyl halides is 3. The zero-order valence-electron chi connectivity index (χ0n) is 14.9. The number of para-hydroxylation sites is 1. The number of hydrogen-bond donors (Lipinski definition) is 0. The standard InChI is InChI=1S/C20H17F4N3O/c1-2-27(17-11-7-6-10-16(17)21)18-15(20(22,23)24)12-25-19(26-18)28-13-14-8-4-3-5-9-14/h3-12H,2,13H2,1H3. The highest BCUT2D eigenvalue weighted by molar-refractivity contribution is 5.64. The molecule has 0 aliphatic heterocycles. The quantitative estimate of drug-likeness (QED) is 0.530. The van der Waals surface area contributed by atoms with Gasteiger partial charge in [0.1, 0.15) is 18.0 Å². The van der Waals surface area contributed by atoms with E-state index >= 15 is 0 Å². The number of ether oxygens (including phenoxy) is 1. The number of aromatic nitrogens is 2. The summed E-state index contributed by atoms with van der Waals surface area (Å²) in [5, 5.41) is 0. The van der Waals surface area contributed by atoms with Gasteiger partial charge < -0.3 is 9.64 Å². The zero-order valence-corrected chi connectivity index (χ0v) is 14.9. The van der Waals surface area contributed by atoms with Gasteiger partial charge in [-0.05, 0) is 24.6 Å². The van der Waals surface area contributed by atoms with Crippen molar-refractivity contribution in [3.8, 4) is 6.01 Å². The molecule has 28 heavy (non-hydrogen) atoms. The summed E-state index contributed by atoms with van der Waals surface area (Å²) in [4.78, 5) is 8.78. The van der Waals surface area contributed by atoms with Crippen molar-refractivity contribution in [2.75, 3.05) is 11.4 Å². The summed E-state index contributed by atoms with van der Waals surface area (Å²) in [6, 6.07) is 14.4. The Balaban J connectivity index is 1.99. The average molecular weight is 391 g/mol. The summed E-state index contributed by atoms with van der Waals surface area (Å²) in [6.07, 6.45) is -4.04. The Labute approximate surface area is 159 Å². The molecule has 0 N–H and O–H groups in total. The third-order valence-corrected chi connectivity index (χ3v) is 3.98. The molecule has 8 heteroatoms. The fourth-order valence-corrected chi connectivity index (χ4v) is 2.66. The van der Waals surface area contributed by atoms with Gasteiger partial charge in [0.15, 0.2) is 5.82 Å². The van der Waals surface area contributed by atoms with Crippen molar-refractivity contribution in [2.45, 2.75) is 19.7 Å². The van der Waals surface area contributed by atoms with Crippen LogP contribution in [0.1, 0.15) is 18.1 Å². The number of rotatable bonds is 6. The van der Waals surface area contributed by atoms with Gasteiger partial charge in [-0.25, -0.2) is 9.37 Å². The molecule has 3 rings (SSSR count). The Hall–Kier alpha value is -3.16.